The fraction of sp³-hybridized carbons (Fsp3) is 0.688. The SMILES string of the molecule is CCC(C)(C)CCN1CCNCC1c1cccnc1.Cl. The van der Waals surface area contributed by atoms with Gasteiger partial charge in [-0.05, 0) is 30.0 Å². The van der Waals surface area contributed by atoms with Gasteiger partial charge in [-0.3, -0.25) is 9.88 Å². The van der Waals surface area contributed by atoms with Gasteiger partial charge in [0.1, 0.15) is 0 Å². The van der Waals surface area contributed by atoms with Crippen LogP contribution in [-0.2, 0) is 0 Å². The quantitative estimate of drug-likeness (QED) is 0.904. The molecule has 3 nitrogen and oxygen atoms in total. The number of pyridine rings is 1. The summed E-state index contributed by atoms with van der Waals surface area (Å²) < 4.78 is 0. The number of piperazine rings is 1. The Morgan fingerprint density at radius 2 is 2.25 bits per heavy atom. The summed E-state index contributed by atoms with van der Waals surface area (Å²) in [5.74, 6) is 0. The molecule has 0 aliphatic carbocycles. The van der Waals surface area contributed by atoms with Gasteiger partial charge < -0.3 is 5.32 Å². The zero-order valence-electron chi connectivity index (χ0n) is 12.9. The Kier molecular flexibility index (Phi) is 6.93. The number of aromatic nitrogens is 1. The van der Waals surface area contributed by atoms with Crippen LogP contribution >= 0.6 is 12.4 Å². The summed E-state index contributed by atoms with van der Waals surface area (Å²) in [7, 11) is 0. The van der Waals surface area contributed by atoms with E-state index in [2.05, 4.69) is 42.0 Å². The molecule has 1 fully saturated rings. The lowest BCUT2D eigenvalue weighted by Gasteiger charge is -2.38. The predicted molar refractivity (Wildman–Crippen MR) is 87.4 cm³/mol. The molecular weight excluding hydrogens is 270 g/mol. The smallest absolute Gasteiger partial charge is 0.0488 e. The van der Waals surface area contributed by atoms with Crippen molar-refractivity contribution in [2.24, 2.45) is 5.41 Å². The van der Waals surface area contributed by atoms with Gasteiger partial charge in [-0.15, -0.1) is 12.4 Å². The zero-order valence-corrected chi connectivity index (χ0v) is 13.7. The van der Waals surface area contributed by atoms with Crippen molar-refractivity contribution in [3.63, 3.8) is 0 Å². The van der Waals surface area contributed by atoms with Crippen molar-refractivity contribution < 1.29 is 0 Å². The van der Waals surface area contributed by atoms with Crippen molar-refractivity contribution in [1.29, 1.82) is 0 Å². The summed E-state index contributed by atoms with van der Waals surface area (Å²) >= 11 is 0. The highest BCUT2D eigenvalue weighted by Gasteiger charge is 2.25. The topological polar surface area (TPSA) is 28.2 Å². The normalized spacial score (nSPS) is 20.4. The Morgan fingerprint density at radius 1 is 1.45 bits per heavy atom. The maximum atomic E-state index is 4.26. The number of hydrogen-bond donors (Lipinski definition) is 1. The first kappa shape index (κ1) is 17.4. The molecule has 1 N–H and O–H groups in total. The Hall–Kier alpha value is -0.640. The number of nitrogens with one attached hydrogen (secondary N) is 1. The van der Waals surface area contributed by atoms with Gasteiger partial charge in [0.05, 0.1) is 0 Å². The minimum absolute atomic E-state index is 0. The Bertz CT molecular complexity index is 381. The van der Waals surface area contributed by atoms with Gasteiger partial charge in [-0.2, -0.15) is 0 Å². The summed E-state index contributed by atoms with van der Waals surface area (Å²) in [5.41, 5.74) is 1.79. The third-order valence-electron chi connectivity index (χ3n) is 4.46. The molecule has 2 rings (SSSR count). The molecule has 1 atom stereocenters. The van der Waals surface area contributed by atoms with Crippen LogP contribution < -0.4 is 5.32 Å². The van der Waals surface area contributed by atoms with E-state index in [0.717, 1.165) is 19.6 Å². The molecule has 0 spiro atoms. The van der Waals surface area contributed by atoms with E-state index < -0.39 is 0 Å². The first-order chi connectivity index (χ1) is 9.12. The summed E-state index contributed by atoms with van der Waals surface area (Å²) in [6.45, 7) is 11.5. The van der Waals surface area contributed by atoms with Crippen molar-refractivity contribution in [3.05, 3.63) is 30.1 Å². The van der Waals surface area contributed by atoms with E-state index >= 15 is 0 Å². The number of rotatable bonds is 5. The fourth-order valence-corrected chi connectivity index (χ4v) is 2.54. The van der Waals surface area contributed by atoms with E-state index in [9.17, 15) is 0 Å². The summed E-state index contributed by atoms with van der Waals surface area (Å²) in [5, 5.41) is 3.50. The highest BCUT2D eigenvalue weighted by Crippen LogP contribution is 2.28. The standard InChI is InChI=1S/C16H27N3.ClH/c1-4-16(2,3)7-10-19-11-9-18-13-15(19)14-6-5-8-17-12-14;/h5-6,8,12,15,18H,4,7,9-11,13H2,1-3H3;1H. The molecule has 114 valence electrons. The van der Waals surface area contributed by atoms with Gasteiger partial charge in [-0.1, -0.05) is 33.3 Å². The van der Waals surface area contributed by atoms with Crippen LogP contribution in [0.25, 0.3) is 0 Å². The molecule has 0 bridgehead atoms. The average Bonchev–Trinajstić information content (AvgIpc) is 2.46. The molecule has 1 aromatic rings. The van der Waals surface area contributed by atoms with Crippen LogP contribution in [0.15, 0.2) is 24.5 Å². The molecule has 0 amide bonds. The summed E-state index contributed by atoms with van der Waals surface area (Å²) in [4.78, 5) is 6.88. The van der Waals surface area contributed by atoms with E-state index in [1.807, 2.05) is 18.5 Å². The number of hydrogen-bond acceptors (Lipinski definition) is 3. The lowest BCUT2D eigenvalue weighted by molar-refractivity contribution is 0.136. The Balaban J connectivity index is 0.00000200. The summed E-state index contributed by atoms with van der Waals surface area (Å²) in [6, 6.07) is 4.72. The van der Waals surface area contributed by atoms with Gasteiger partial charge in [-0.25, -0.2) is 0 Å². The van der Waals surface area contributed by atoms with Gasteiger partial charge in [0, 0.05) is 38.1 Å². The first-order valence-corrected chi connectivity index (χ1v) is 7.47. The third-order valence-corrected chi connectivity index (χ3v) is 4.46. The van der Waals surface area contributed by atoms with Crippen molar-refractivity contribution >= 4 is 12.4 Å². The second-order valence-electron chi connectivity index (χ2n) is 6.31. The van der Waals surface area contributed by atoms with Crippen LogP contribution in [-0.4, -0.2) is 36.1 Å². The maximum Gasteiger partial charge on any atom is 0.0488 e. The van der Waals surface area contributed by atoms with Crippen LogP contribution in [0.3, 0.4) is 0 Å². The van der Waals surface area contributed by atoms with E-state index in [-0.39, 0.29) is 12.4 Å². The molecule has 0 saturated carbocycles. The maximum absolute atomic E-state index is 4.26. The molecule has 1 aliphatic heterocycles. The molecule has 1 aromatic heterocycles. The first-order valence-electron chi connectivity index (χ1n) is 7.47. The van der Waals surface area contributed by atoms with Gasteiger partial charge in [0.2, 0.25) is 0 Å². The average molecular weight is 298 g/mol. The fourth-order valence-electron chi connectivity index (χ4n) is 2.54. The molecule has 1 aliphatic rings. The molecule has 0 aromatic carbocycles. The minimum atomic E-state index is 0. The monoisotopic (exact) mass is 297 g/mol. The lowest BCUT2D eigenvalue weighted by Crippen LogP contribution is -2.46. The Labute approximate surface area is 129 Å². The van der Waals surface area contributed by atoms with Crippen molar-refractivity contribution in [2.75, 3.05) is 26.2 Å². The number of halogens is 1. The molecule has 1 saturated heterocycles. The second-order valence-corrected chi connectivity index (χ2v) is 6.31. The molecular formula is C16H28ClN3. The predicted octanol–water partition coefficient (Wildman–Crippen LogP) is 3.28. The zero-order chi connectivity index (χ0) is 13.7. The lowest BCUT2D eigenvalue weighted by atomic mass is 9.86. The molecule has 2 heterocycles. The van der Waals surface area contributed by atoms with Crippen LogP contribution in [0.2, 0.25) is 0 Å². The number of nitrogens with zero attached hydrogens (tertiary/aromatic N) is 2. The van der Waals surface area contributed by atoms with E-state index in [4.69, 9.17) is 0 Å². The van der Waals surface area contributed by atoms with E-state index in [1.165, 1.54) is 24.9 Å². The van der Waals surface area contributed by atoms with Gasteiger partial charge in [0.25, 0.3) is 0 Å². The van der Waals surface area contributed by atoms with Gasteiger partial charge >= 0.3 is 0 Å². The molecule has 0 radical (unpaired) electrons. The van der Waals surface area contributed by atoms with Crippen molar-refractivity contribution in [2.45, 2.75) is 39.7 Å². The molecule has 1 unspecified atom stereocenters. The minimum Gasteiger partial charge on any atom is -0.314 e. The van der Waals surface area contributed by atoms with Crippen LogP contribution in [0.4, 0.5) is 0 Å². The van der Waals surface area contributed by atoms with E-state index in [0.29, 0.717) is 11.5 Å². The summed E-state index contributed by atoms with van der Waals surface area (Å²) in [6.07, 6.45) is 6.37. The highest BCUT2D eigenvalue weighted by atomic mass is 35.5. The second kappa shape index (κ2) is 7.96. The van der Waals surface area contributed by atoms with Crippen LogP contribution in [0.1, 0.15) is 45.2 Å². The third kappa shape index (κ3) is 4.72. The van der Waals surface area contributed by atoms with Crippen molar-refractivity contribution in [1.82, 2.24) is 15.2 Å². The van der Waals surface area contributed by atoms with Crippen LogP contribution in [0.5, 0.6) is 0 Å². The van der Waals surface area contributed by atoms with Gasteiger partial charge in [0.15, 0.2) is 0 Å². The van der Waals surface area contributed by atoms with Crippen LogP contribution in [0, 0.1) is 5.41 Å². The van der Waals surface area contributed by atoms with Crippen molar-refractivity contribution in [3.8, 4) is 0 Å². The Morgan fingerprint density at radius 3 is 2.90 bits per heavy atom. The van der Waals surface area contributed by atoms with E-state index in [1.54, 1.807) is 0 Å². The molecule has 4 heteroatoms. The largest absolute Gasteiger partial charge is 0.314 e. The molecule has 20 heavy (non-hydrogen) atoms. The highest BCUT2D eigenvalue weighted by molar-refractivity contribution is 5.85.